The third-order valence-corrected chi connectivity index (χ3v) is 4.58. The number of aromatic nitrogens is 3. The second-order valence-electron chi connectivity index (χ2n) is 6.10. The maximum absolute atomic E-state index is 12.6. The average molecular weight is 422 g/mol. The Hall–Kier alpha value is -1.97. The monoisotopic (exact) mass is 421 g/mol. The van der Waals surface area contributed by atoms with Crippen LogP contribution < -0.4 is 11.1 Å². The molecule has 3 aromatic heterocycles. The number of hydrogen-bond donors (Lipinski definition) is 2. The van der Waals surface area contributed by atoms with Gasteiger partial charge in [-0.05, 0) is 48.2 Å². The van der Waals surface area contributed by atoms with E-state index in [0.29, 0.717) is 34.8 Å². The first-order valence-corrected chi connectivity index (χ1v) is 8.73. The number of alkyl halides is 3. The van der Waals surface area contributed by atoms with Gasteiger partial charge >= 0.3 is 6.18 Å². The molecule has 146 valence electrons. The topological polar surface area (TPSA) is 81.4 Å². The summed E-state index contributed by atoms with van der Waals surface area (Å²) in [6.45, 7) is 2.06. The highest BCUT2D eigenvalue weighted by atomic mass is 35.5. The molecule has 0 amide bonds. The molecule has 3 aromatic rings. The quantitative estimate of drug-likeness (QED) is 0.617. The van der Waals surface area contributed by atoms with Gasteiger partial charge in [0, 0.05) is 6.04 Å². The van der Waals surface area contributed by atoms with Crippen LogP contribution >= 0.6 is 23.2 Å². The number of fused-ring (bicyclic) bond motifs is 1. The fourth-order valence-corrected chi connectivity index (χ4v) is 3.38. The van der Waals surface area contributed by atoms with Gasteiger partial charge < -0.3 is 15.5 Å². The molecule has 6 nitrogen and oxygen atoms in total. The van der Waals surface area contributed by atoms with E-state index < -0.39 is 18.6 Å². The van der Waals surface area contributed by atoms with Gasteiger partial charge in [0.1, 0.15) is 16.4 Å². The minimum absolute atomic E-state index is 0.0528. The van der Waals surface area contributed by atoms with Gasteiger partial charge in [-0.15, -0.1) is 5.10 Å². The number of furan rings is 1. The molecule has 0 spiro atoms. The lowest BCUT2D eigenvalue weighted by Crippen LogP contribution is -2.29. The Morgan fingerprint density at radius 2 is 2.11 bits per heavy atom. The lowest BCUT2D eigenvalue weighted by atomic mass is 10.0. The number of aryl methyl sites for hydroxylation is 1. The molecular weight excluding hydrogens is 406 g/mol. The van der Waals surface area contributed by atoms with Crippen molar-refractivity contribution in [1.29, 1.82) is 0 Å². The summed E-state index contributed by atoms with van der Waals surface area (Å²) in [5.74, 6) is 1.06. The van der Waals surface area contributed by atoms with Gasteiger partial charge in [-0.3, -0.25) is 0 Å². The lowest BCUT2D eigenvalue weighted by Gasteiger charge is -2.14. The van der Waals surface area contributed by atoms with Crippen molar-refractivity contribution < 1.29 is 17.6 Å². The first-order valence-electron chi connectivity index (χ1n) is 7.97. The molecule has 3 heterocycles. The first kappa shape index (κ1) is 19.8. The van der Waals surface area contributed by atoms with E-state index in [9.17, 15) is 13.2 Å². The highest BCUT2D eigenvalue weighted by Crippen LogP contribution is 2.33. The number of nitrogens with zero attached hydrogens (tertiary/aromatic N) is 3. The summed E-state index contributed by atoms with van der Waals surface area (Å²) in [7, 11) is 0. The summed E-state index contributed by atoms with van der Waals surface area (Å²) in [5, 5.41) is 7.24. The van der Waals surface area contributed by atoms with Crippen molar-refractivity contribution in [3.63, 3.8) is 0 Å². The summed E-state index contributed by atoms with van der Waals surface area (Å²) < 4.78 is 44.4. The van der Waals surface area contributed by atoms with Crippen LogP contribution in [-0.4, -0.2) is 26.8 Å². The minimum atomic E-state index is -4.35. The van der Waals surface area contributed by atoms with Gasteiger partial charge in [0.15, 0.2) is 5.82 Å². The fraction of sp³-hybridized carbons (Fsp3) is 0.375. The molecule has 11 heteroatoms. The normalized spacial score (nSPS) is 13.3. The maximum atomic E-state index is 12.6. The zero-order valence-electron chi connectivity index (χ0n) is 14.1. The van der Waals surface area contributed by atoms with Gasteiger partial charge in [0.05, 0.1) is 19.2 Å². The average Bonchev–Trinajstić information content (AvgIpc) is 3.14. The number of hydrogen-bond acceptors (Lipinski definition) is 5. The smallest absolute Gasteiger partial charge is 0.390 e. The zero-order chi connectivity index (χ0) is 19.8. The molecule has 0 bridgehead atoms. The van der Waals surface area contributed by atoms with Crippen molar-refractivity contribution in [3.8, 4) is 0 Å². The molecule has 0 saturated heterocycles. The summed E-state index contributed by atoms with van der Waals surface area (Å²) >= 11 is 12.3. The Balaban J connectivity index is 1.96. The molecule has 0 saturated carbocycles. The molecule has 0 aliphatic rings. The summed E-state index contributed by atoms with van der Waals surface area (Å²) in [6.07, 6.45) is -3.97. The van der Waals surface area contributed by atoms with Crippen LogP contribution in [0, 0.1) is 6.92 Å². The molecule has 1 atom stereocenters. The molecule has 3 N–H and O–H groups in total. The van der Waals surface area contributed by atoms with Crippen molar-refractivity contribution in [2.24, 2.45) is 5.73 Å². The minimum Gasteiger partial charge on any atom is -0.467 e. The van der Waals surface area contributed by atoms with Gasteiger partial charge in [-0.1, -0.05) is 11.6 Å². The molecular formula is C16H16Cl2F3N5O. The van der Waals surface area contributed by atoms with Crippen LogP contribution in [0.15, 0.2) is 22.8 Å². The third-order valence-electron chi connectivity index (χ3n) is 4.04. The zero-order valence-corrected chi connectivity index (χ0v) is 15.7. The number of nitrogens with two attached hydrogens (primary N) is 1. The lowest BCUT2D eigenvalue weighted by molar-refractivity contribution is -0.138. The van der Waals surface area contributed by atoms with E-state index in [2.05, 4.69) is 15.4 Å². The number of anilines is 1. The Labute approximate surface area is 162 Å². The Bertz CT molecular complexity index is 940. The molecule has 3 rings (SSSR count). The maximum Gasteiger partial charge on any atom is 0.390 e. The van der Waals surface area contributed by atoms with E-state index in [-0.39, 0.29) is 16.9 Å². The van der Waals surface area contributed by atoms with Crippen LogP contribution in [0.4, 0.5) is 19.0 Å². The molecule has 0 aliphatic heterocycles. The highest BCUT2D eigenvalue weighted by Gasteiger charge is 2.31. The van der Waals surface area contributed by atoms with Crippen LogP contribution in [0.25, 0.3) is 5.52 Å². The summed E-state index contributed by atoms with van der Waals surface area (Å²) in [5.41, 5.74) is 7.30. The summed E-state index contributed by atoms with van der Waals surface area (Å²) in [4.78, 5) is 4.17. The molecule has 0 aromatic carbocycles. The summed E-state index contributed by atoms with van der Waals surface area (Å²) in [6, 6.07) is 2.41. The molecule has 0 aliphatic carbocycles. The van der Waals surface area contributed by atoms with Crippen molar-refractivity contribution in [3.05, 3.63) is 45.7 Å². The van der Waals surface area contributed by atoms with Crippen LogP contribution in [0.1, 0.15) is 23.3 Å². The van der Waals surface area contributed by atoms with E-state index in [1.54, 1.807) is 25.3 Å². The standard InChI is InChI=1S/C16H16Cl2F3N5O/c1-8-11(5-9(22)6-16(19,20)21)13(17)26-12(8)14(24-15(18)25-26)23-7-10-3-2-4-27-10/h2-4,9H,5-7,22H2,1H3,(H,23,24,25)/t9-/m1/s1. The van der Waals surface area contributed by atoms with Crippen LogP contribution in [-0.2, 0) is 13.0 Å². The molecule has 0 radical (unpaired) electrons. The number of nitrogens with one attached hydrogen (secondary N) is 1. The Kier molecular flexibility index (Phi) is 5.55. The molecule has 0 fully saturated rings. The second-order valence-corrected chi connectivity index (χ2v) is 6.80. The Morgan fingerprint density at radius 1 is 1.37 bits per heavy atom. The van der Waals surface area contributed by atoms with Crippen molar-refractivity contribution in [2.45, 2.75) is 38.5 Å². The number of rotatable bonds is 6. The predicted octanol–water partition coefficient (Wildman–Crippen LogP) is 4.37. The van der Waals surface area contributed by atoms with Gasteiger partial charge in [0.2, 0.25) is 5.28 Å². The number of halogens is 5. The Morgan fingerprint density at radius 3 is 2.74 bits per heavy atom. The van der Waals surface area contributed by atoms with Crippen LogP contribution in [0.2, 0.25) is 10.4 Å². The largest absolute Gasteiger partial charge is 0.467 e. The van der Waals surface area contributed by atoms with Gasteiger partial charge in [-0.2, -0.15) is 18.2 Å². The second kappa shape index (κ2) is 7.57. The SMILES string of the molecule is Cc1c(C[C@@H](N)CC(F)(F)F)c(Cl)n2nc(Cl)nc(NCc3ccco3)c12. The van der Waals surface area contributed by atoms with E-state index in [4.69, 9.17) is 33.4 Å². The van der Waals surface area contributed by atoms with E-state index in [1.807, 2.05) is 0 Å². The van der Waals surface area contributed by atoms with Crippen molar-refractivity contribution in [1.82, 2.24) is 14.6 Å². The van der Waals surface area contributed by atoms with E-state index in [0.717, 1.165) is 0 Å². The third kappa shape index (κ3) is 4.48. The van der Waals surface area contributed by atoms with Crippen molar-refractivity contribution in [2.75, 3.05) is 5.32 Å². The fourth-order valence-electron chi connectivity index (χ4n) is 2.88. The van der Waals surface area contributed by atoms with Crippen molar-refractivity contribution >= 4 is 34.5 Å². The van der Waals surface area contributed by atoms with E-state index in [1.165, 1.54) is 4.52 Å². The first-order chi connectivity index (χ1) is 12.7. The van der Waals surface area contributed by atoms with Gasteiger partial charge in [0.25, 0.3) is 0 Å². The van der Waals surface area contributed by atoms with Crippen LogP contribution in [0.3, 0.4) is 0 Å². The predicted molar refractivity (Wildman–Crippen MR) is 96.1 cm³/mol. The van der Waals surface area contributed by atoms with Gasteiger partial charge in [-0.25, -0.2) is 4.52 Å². The van der Waals surface area contributed by atoms with E-state index >= 15 is 0 Å². The molecule has 0 unspecified atom stereocenters. The van der Waals surface area contributed by atoms with Crippen LogP contribution in [0.5, 0.6) is 0 Å². The highest BCUT2D eigenvalue weighted by molar-refractivity contribution is 6.31. The molecule has 27 heavy (non-hydrogen) atoms.